The van der Waals surface area contributed by atoms with Gasteiger partial charge in [-0.1, -0.05) is 6.07 Å². The van der Waals surface area contributed by atoms with Gasteiger partial charge < -0.3 is 30.1 Å². The van der Waals surface area contributed by atoms with E-state index >= 15 is 0 Å². The maximum atomic E-state index is 10.5. The van der Waals surface area contributed by atoms with Gasteiger partial charge in [0.05, 0.1) is 5.56 Å². The fourth-order valence-electron chi connectivity index (χ4n) is 4.15. The van der Waals surface area contributed by atoms with Gasteiger partial charge in [0.15, 0.2) is 0 Å². The Kier molecular flexibility index (Phi) is 3.98. The van der Waals surface area contributed by atoms with Crippen LogP contribution in [0.1, 0.15) is 22.8 Å². The van der Waals surface area contributed by atoms with E-state index in [0.29, 0.717) is 11.1 Å². The van der Waals surface area contributed by atoms with Gasteiger partial charge in [0, 0.05) is 49.7 Å². The molecule has 0 fully saturated rings. The molecule has 0 spiro atoms. The summed E-state index contributed by atoms with van der Waals surface area (Å²) in [5, 5.41) is 24.6. The molecule has 0 radical (unpaired) electrons. The van der Waals surface area contributed by atoms with Crippen LogP contribution in [-0.2, 0) is 0 Å². The Morgan fingerprint density at radius 3 is 1.62 bits per heavy atom. The fourth-order valence-corrected chi connectivity index (χ4v) is 4.15. The van der Waals surface area contributed by atoms with E-state index in [1.165, 1.54) is 0 Å². The van der Waals surface area contributed by atoms with Crippen LogP contribution in [0.25, 0.3) is 35.4 Å². The van der Waals surface area contributed by atoms with Crippen molar-refractivity contribution < 1.29 is 10.2 Å². The van der Waals surface area contributed by atoms with Crippen molar-refractivity contribution >= 4 is 24.3 Å². The van der Waals surface area contributed by atoms with Gasteiger partial charge in [0.2, 0.25) is 0 Å². The lowest BCUT2D eigenvalue weighted by Gasteiger charge is -2.05. The Balaban J connectivity index is 1.66. The molecule has 156 valence electrons. The number of nitrogens with one attached hydrogen (secondary N) is 4. The SMILES string of the molecule is Oc1cccc(O)c1-c1cc2[nH]c1=Cc1ccc([nH]1)C=c1ccc([nH]1)=Cc1ccc([nH]1)C=2. The third-order valence-corrected chi connectivity index (χ3v) is 5.59. The van der Waals surface area contributed by atoms with E-state index in [4.69, 9.17) is 0 Å². The summed E-state index contributed by atoms with van der Waals surface area (Å²) >= 11 is 0. The molecule has 1 aromatic carbocycles. The maximum Gasteiger partial charge on any atom is 0.127 e. The largest absolute Gasteiger partial charge is 0.507 e. The van der Waals surface area contributed by atoms with Crippen molar-refractivity contribution in [2.45, 2.75) is 0 Å². The van der Waals surface area contributed by atoms with Crippen LogP contribution < -0.4 is 21.4 Å². The molecule has 32 heavy (non-hydrogen) atoms. The van der Waals surface area contributed by atoms with E-state index in [2.05, 4.69) is 26.0 Å². The van der Waals surface area contributed by atoms with E-state index in [-0.39, 0.29) is 11.5 Å². The highest BCUT2D eigenvalue weighted by molar-refractivity contribution is 5.77. The van der Waals surface area contributed by atoms with Gasteiger partial charge >= 0.3 is 0 Å². The van der Waals surface area contributed by atoms with E-state index in [1.54, 1.807) is 18.2 Å². The van der Waals surface area contributed by atoms with Gasteiger partial charge in [0.25, 0.3) is 0 Å². The van der Waals surface area contributed by atoms with Gasteiger partial charge in [-0.05, 0) is 78.9 Å². The summed E-state index contributed by atoms with van der Waals surface area (Å²) in [5.74, 6) is 0.0475. The van der Waals surface area contributed by atoms with Crippen molar-refractivity contribution in [3.63, 3.8) is 0 Å². The average molecular weight is 420 g/mol. The maximum absolute atomic E-state index is 10.5. The summed E-state index contributed by atoms with van der Waals surface area (Å²) in [5.41, 5.74) is 4.88. The summed E-state index contributed by atoms with van der Waals surface area (Å²) in [6.07, 6.45) is 8.06. The van der Waals surface area contributed by atoms with E-state index in [9.17, 15) is 10.2 Å². The molecular formula is C26H20N4O2. The van der Waals surface area contributed by atoms with Crippen LogP contribution in [0.5, 0.6) is 11.5 Å². The number of fused-ring (bicyclic) bond motifs is 8. The molecular weight excluding hydrogens is 400 g/mol. The number of phenolic OH excluding ortho intramolecular Hbond substituents is 2. The van der Waals surface area contributed by atoms with Crippen molar-refractivity contribution in [3.05, 3.63) is 105 Å². The number of phenols is 2. The number of benzene rings is 1. The predicted octanol–water partition coefficient (Wildman–Crippen LogP) is 1.71. The summed E-state index contributed by atoms with van der Waals surface area (Å²) in [6.45, 7) is 0. The van der Waals surface area contributed by atoms with E-state index < -0.39 is 0 Å². The lowest BCUT2D eigenvalue weighted by molar-refractivity contribution is 0.454. The van der Waals surface area contributed by atoms with E-state index in [0.717, 1.165) is 44.2 Å². The first-order valence-electron chi connectivity index (χ1n) is 10.3. The van der Waals surface area contributed by atoms with Gasteiger partial charge in [-0.2, -0.15) is 0 Å². The monoisotopic (exact) mass is 420 g/mol. The zero-order chi connectivity index (χ0) is 21.7. The topological polar surface area (TPSA) is 104 Å². The molecule has 6 rings (SSSR count). The van der Waals surface area contributed by atoms with Crippen molar-refractivity contribution in [2.75, 3.05) is 0 Å². The Hall–Kier alpha value is -4.58. The number of rotatable bonds is 1. The molecule has 1 aliphatic heterocycles. The second kappa shape index (κ2) is 6.99. The van der Waals surface area contributed by atoms with E-state index in [1.807, 2.05) is 60.7 Å². The summed E-state index contributed by atoms with van der Waals surface area (Å²) in [4.78, 5) is 13.6. The second-order valence-electron chi connectivity index (χ2n) is 7.91. The lowest BCUT2D eigenvalue weighted by atomic mass is 10.0. The van der Waals surface area contributed by atoms with Crippen LogP contribution in [-0.4, -0.2) is 30.1 Å². The Bertz CT molecular complexity index is 1690. The molecule has 0 unspecified atom stereocenters. The Labute approximate surface area is 182 Å². The molecule has 0 amide bonds. The first-order chi connectivity index (χ1) is 15.6. The zero-order valence-electron chi connectivity index (χ0n) is 17.0. The molecule has 6 nitrogen and oxygen atoms in total. The average Bonchev–Trinajstić information content (AvgIpc) is 3.54. The third-order valence-electron chi connectivity index (χ3n) is 5.59. The van der Waals surface area contributed by atoms with Crippen LogP contribution in [0.15, 0.2) is 60.7 Å². The first-order valence-corrected chi connectivity index (χ1v) is 10.3. The summed E-state index contributed by atoms with van der Waals surface area (Å²) < 4.78 is 0. The lowest BCUT2D eigenvalue weighted by Crippen LogP contribution is -2.11. The molecule has 1 aliphatic rings. The highest BCUT2D eigenvalue weighted by atomic mass is 16.3. The standard InChI is InChI=1S/C26H20N4O2/c31-24-2-1-3-25(32)26(24)22-13-21-12-19-7-6-17(28-19)10-15-4-5-16(27-15)11-18-8-9-20(29-18)14-23(22)30-21/h1-14,27-32H. The molecule has 6 heteroatoms. The number of hydrogen-bond donors (Lipinski definition) is 6. The highest BCUT2D eigenvalue weighted by Gasteiger charge is 2.13. The minimum absolute atomic E-state index is 0.0238. The number of H-pyrrole nitrogens is 4. The molecule has 8 bridgehead atoms. The quantitative estimate of drug-likeness (QED) is 0.244. The fraction of sp³-hybridized carbons (Fsp3) is 0. The highest BCUT2D eigenvalue weighted by Crippen LogP contribution is 2.34. The smallest absolute Gasteiger partial charge is 0.127 e. The Morgan fingerprint density at radius 2 is 1.03 bits per heavy atom. The Morgan fingerprint density at radius 1 is 0.500 bits per heavy atom. The molecule has 0 saturated carbocycles. The van der Waals surface area contributed by atoms with Crippen molar-refractivity contribution in [1.82, 2.24) is 19.9 Å². The van der Waals surface area contributed by atoms with Crippen LogP contribution in [0.2, 0.25) is 0 Å². The van der Waals surface area contributed by atoms with Crippen LogP contribution in [0.3, 0.4) is 0 Å². The molecule has 5 aromatic rings. The van der Waals surface area contributed by atoms with Crippen LogP contribution in [0, 0.1) is 0 Å². The summed E-state index contributed by atoms with van der Waals surface area (Å²) in [7, 11) is 0. The van der Waals surface area contributed by atoms with Gasteiger partial charge in [-0.15, -0.1) is 0 Å². The van der Waals surface area contributed by atoms with Gasteiger partial charge in [0.1, 0.15) is 11.5 Å². The van der Waals surface area contributed by atoms with Crippen molar-refractivity contribution in [3.8, 4) is 22.6 Å². The predicted molar refractivity (Wildman–Crippen MR) is 125 cm³/mol. The molecule has 0 atom stereocenters. The molecule has 0 aliphatic carbocycles. The second-order valence-corrected chi connectivity index (χ2v) is 7.91. The van der Waals surface area contributed by atoms with Crippen LogP contribution in [0.4, 0.5) is 0 Å². The molecule has 5 heterocycles. The molecule has 6 N–H and O–H groups in total. The first kappa shape index (κ1) is 18.2. The van der Waals surface area contributed by atoms with Crippen molar-refractivity contribution in [2.24, 2.45) is 0 Å². The number of aromatic amines is 4. The van der Waals surface area contributed by atoms with Gasteiger partial charge in [-0.3, -0.25) is 0 Å². The minimum atomic E-state index is 0.0238. The molecule has 4 aromatic heterocycles. The van der Waals surface area contributed by atoms with Crippen LogP contribution >= 0.6 is 0 Å². The number of aromatic hydroxyl groups is 2. The third kappa shape index (κ3) is 3.24. The molecule has 0 saturated heterocycles. The normalized spacial score (nSPS) is 12.4. The minimum Gasteiger partial charge on any atom is -0.507 e. The van der Waals surface area contributed by atoms with Gasteiger partial charge in [-0.25, -0.2) is 0 Å². The zero-order valence-corrected chi connectivity index (χ0v) is 17.0. The summed E-state index contributed by atoms with van der Waals surface area (Å²) in [6, 6.07) is 18.8. The number of hydrogen-bond acceptors (Lipinski definition) is 2. The van der Waals surface area contributed by atoms with Crippen molar-refractivity contribution in [1.29, 1.82) is 0 Å². The number of aromatic nitrogens is 4.